The number of benzene rings is 2. The number of halogens is 4. The standard InChI is InChI=1S/C14H11F3N6O.C9H7BrN4/c1-23-10(7-9(22-23)14(15,16)17)24-12-11(19-13(18)21-20-12)8-5-3-2-4-6-8;10-8-7(12-9(11)14-13-8)6-4-2-1-3-5-6/h2-7H,1H3,(H2,18,19,21);1-5H,(H2,11,12,14). The highest BCUT2D eigenvalue weighted by Gasteiger charge is 2.35. The number of ether oxygens (including phenoxy) is 1. The normalized spacial score (nSPS) is 11.0. The largest absolute Gasteiger partial charge is 0.435 e. The van der Waals surface area contributed by atoms with Crippen molar-refractivity contribution in [3.63, 3.8) is 0 Å². The molecule has 0 aliphatic carbocycles. The Morgan fingerprint density at radius 3 is 1.87 bits per heavy atom. The van der Waals surface area contributed by atoms with Crippen molar-refractivity contribution < 1.29 is 17.9 Å². The topological polar surface area (TPSA) is 156 Å². The second-order valence-electron chi connectivity index (χ2n) is 7.46. The van der Waals surface area contributed by atoms with Crippen molar-refractivity contribution in [3.8, 4) is 34.3 Å². The van der Waals surface area contributed by atoms with E-state index in [1.54, 1.807) is 30.3 Å². The first-order valence-electron chi connectivity index (χ1n) is 10.7. The Morgan fingerprint density at radius 2 is 1.32 bits per heavy atom. The molecule has 11 nitrogen and oxygen atoms in total. The fourth-order valence-corrected chi connectivity index (χ4v) is 3.47. The second kappa shape index (κ2) is 11.2. The predicted molar refractivity (Wildman–Crippen MR) is 135 cm³/mol. The van der Waals surface area contributed by atoms with Gasteiger partial charge in [-0.05, 0) is 15.9 Å². The van der Waals surface area contributed by atoms with Crippen LogP contribution in [0, 0.1) is 0 Å². The highest BCUT2D eigenvalue weighted by Crippen LogP contribution is 2.34. The Morgan fingerprint density at radius 1 is 0.789 bits per heavy atom. The third kappa shape index (κ3) is 6.36. The predicted octanol–water partition coefficient (Wildman–Crippen LogP) is 4.55. The first-order valence-corrected chi connectivity index (χ1v) is 11.5. The molecule has 0 bridgehead atoms. The van der Waals surface area contributed by atoms with Gasteiger partial charge in [-0.15, -0.1) is 20.4 Å². The molecule has 5 aromatic rings. The Labute approximate surface area is 221 Å². The van der Waals surface area contributed by atoms with Crippen LogP contribution in [0.4, 0.5) is 25.1 Å². The molecular formula is C23H18BrF3N10O. The Hall–Kier alpha value is -4.66. The maximum Gasteiger partial charge on any atom is 0.435 e. The number of hydrogen-bond acceptors (Lipinski definition) is 10. The highest BCUT2D eigenvalue weighted by molar-refractivity contribution is 9.10. The van der Waals surface area contributed by atoms with E-state index in [1.165, 1.54) is 7.05 Å². The van der Waals surface area contributed by atoms with E-state index in [2.05, 4.69) is 51.4 Å². The van der Waals surface area contributed by atoms with Crippen LogP contribution in [0.15, 0.2) is 71.3 Å². The number of nitrogen functional groups attached to an aromatic ring is 2. The van der Waals surface area contributed by atoms with Gasteiger partial charge in [-0.25, -0.2) is 14.6 Å². The summed E-state index contributed by atoms with van der Waals surface area (Å²) in [5.41, 5.74) is 12.5. The maximum atomic E-state index is 12.7. The van der Waals surface area contributed by atoms with Gasteiger partial charge in [0.25, 0.3) is 5.88 Å². The van der Waals surface area contributed by atoms with Crippen LogP contribution in [0.3, 0.4) is 0 Å². The zero-order chi connectivity index (χ0) is 27.3. The Bertz CT molecular complexity index is 1530. The third-order valence-corrected chi connectivity index (χ3v) is 5.29. The highest BCUT2D eigenvalue weighted by atomic mass is 79.9. The van der Waals surface area contributed by atoms with Gasteiger partial charge in [0.2, 0.25) is 17.8 Å². The summed E-state index contributed by atoms with van der Waals surface area (Å²) in [6.45, 7) is 0. The minimum Gasteiger partial charge on any atom is -0.417 e. The molecule has 194 valence electrons. The van der Waals surface area contributed by atoms with E-state index in [9.17, 15) is 13.2 Å². The molecule has 0 aliphatic heterocycles. The van der Waals surface area contributed by atoms with E-state index in [0.717, 1.165) is 16.3 Å². The molecule has 15 heteroatoms. The molecule has 0 radical (unpaired) electrons. The van der Waals surface area contributed by atoms with E-state index in [4.69, 9.17) is 16.2 Å². The average molecular weight is 587 g/mol. The van der Waals surface area contributed by atoms with Crippen LogP contribution in [0.25, 0.3) is 22.5 Å². The molecule has 0 saturated heterocycles. The lowest BCUT2D eigenvalue weighted by Crippen LogP contribution is -2.06. The van der Waals surface area contributed by atoms with Crippen molar-refractivity contribution >= 4 is 27.8 Å². The number of anilines is 2. The maximum absolute atomic E-state index is 12.7. The first kappa shape index (κ1) is 26.4. The summed E-state index contributed by atoms with van der Waals surface area (Å²) in [6.07, 6.45) is -4.58. The lowest BCUT2D eigenvalue weighted by Gasteiger charge is -2.08. The van der Waals surface area contributed by atoms with Gasteiger partial charge >= 0.3 is 6.18 Å². The quantitative estimate of drug-likeness (QED) is 0.306. The molecule has 3 heterocycles. The summed E-state index contributed by atoms with van der Waals surface area (Å²) in [5.74, 6) is -0.137. The lowest BCUT2D eigenvalue weighted by molar-refractivity contribution is -0.141. The Balaban J connectivity index is 0.000000204. The van der Waals surface area contributed by atoms with Crippen molar-refractivity contribution in [2.24, 2.45) is 7.05 Å². The molecular weight excluding hydrogens is 569 g/mol. The number of nitrogens with two attached hydrogens (primary N) is 2. The number of hydrogen-bond donors (Lipinski definition) is 2. The number of aryl methyl sites for hydroxylation is 1. The lowest BCUT2D eigenvalue weighted by atomic mass is 10.1. The molecule has 0 atom stereocenters. The molecule has 0 spiro atoms. The van der Waals surface area contributed by atoms with E-state index < -0.39 is 11.9 Å². The SMILES string of the molecule is Cn1nc(C(F)(F)F)cc1Oc1nnc(N)nc1-c1ccccc1.Nc1nnc(Br)c(-c2ccccc2)n1. The van der Waals surface area contributed by atoms with Gasteiger partial charge in [0.05, 0.1) is 0 Å². The van der Waals surface area contributed by atoms with Gasteiger partial charge in [0, 0.05) is 24.2 Å². The zero-order valence-electron chi connectivity index (χ0n) is 19.5. The van der Waals surface area contributed by atoms with Gasteiger partial charge in [-0.2, -0.15) is 18.3 Å². The second-order valence-corrected chi connectivity index (χ2v) is 8.21. The van der Waals surface area contributed by atoms with Crippen molar-refractivity contribution in [1.82, 2.24) is 40.1 Å². The first-order chi connectivity index (χ1) is 18.1. The molecule has 0 unspecified atom stereocenters. The summed E-state index contributed by atoms with van der Waals surface area (Å²) < 4.78 is 45.2. The fraction of sp³-hybridized carbons (Fsp3) is 0.0870. The number of nitrogens with zero attached hydrogens (tertiary/aromatic N) is 8. The van der Waals surface area contributed by atoms with Crippen molar-refractivity contribution in [3.05, 3.63) is 77.0 Å². The van der Waals surface area contributed by atoms with Gasteiger partial charge in [-0.3, -0.25) is 0 Å². The molecule has 0 saturated carbocycles. The smallest absolute Gasteiger partial charge is 0.417 e. The average Bonchev–Trinajstić information content (AvgIpc) is 3.28. The van der Waals surface area contributed by atoms with Crippen LogP contribution in [0.5, 0.6) is 11.8 Å². The van der Waals surface area contributed by atoms with Gasteiger partial charge in [-0.1, -0.05) is 60.7 Å². The summed E-state index contributed by atoms with van der Waals surface area (Å²) >= 11 is 3.28. The van der Waals surface area contributed by atoms with Crippen LogP contribution in [-0.4, -0.2) is 40.1 Å². The van der Waals surface area contributed by atoms with Crippen molar-refractivity contribution in [1.29, 1.82) is 0 Å². The van der Waals surface area contributed by atoms with Crippen LogP contribution >= 0.6 is 15.9 Å². The van der Waals surface area contributed by atoms with Crippen molar-refractivity contribution in [2.45, 2.75) is 6.18 Å². The molecule has 5 rings (SSSR count). The minimum absolute atomic E-state index is 0.0767. The summed E-state index contributed by atoms with van der Waals surface area (Å²) in [7, 11) is 1.32. The van der Waals surface area contributed by atoms with Crippen LogP contribution in [-0.2, 0) is 13.2 Å². The molecule has 38 heavy (non-hydrogen) atoms. The molecule has 3 aromatic heterocycles. The summed E-state index contributed by atoms with van der Waals surface area (Å²) in [6, 6.07) is 19.3. The van der Waals surface area contributed by atoms with Crippen LogP contribution in [0.1, 0.15) is 5.69 Å². The molecule has 0 aliphatic rings. The van der Waals surface area contributed by atoms with E-state index >= 15 is 0 Å². The number of alkyl halides is 3. The molecule has 0 fully saturated rings. The molecule has 0 amide bonds. The number of aromatic nitrogens is 8. The van der Waals surface area contributed by atoms with Crippen LogP contribution in [0.2, 0.25) is 0 Å². The zero-order valence-corrected chi connectivity index (χ0v) is 21.1. The van der Waals surface area contributed by atoms with Gasteiger partial charge in [0.1, 0.15) is 11.4 Å². The summed E-state index contributed by atoms with van der Waals surface area (Å²) in [4.78, 5) is 8.15. The van der Waals surface area contributed by atoms with Crippen molar-refractivity contribution in [2.75, 3.05) is 11.5 Å². The Kier molecular flexibility index (Phi) is 7.76. The number of rotatable bonds is 4. The minimum atomic E-state index is -4.58. The fourth-order valence-electron chi connectivity index (χ4n) is 3.07. The third-order valence-electron chi connectivity index (χ3n) is 4.76. The van der Waals surface area contributed by atoms with E-state index in [0.29, 0.717) is 15.9 Å². The van der Waals surface area contributed by atoms with E-state index in [1.807, 2.05) is 30.3 Å². The van der Waals surface area contributed by atoms with Gasteiger partial charge in [0.15, 0.2) is 10.3 Å². The van der Waals surface area contributed by atoms with Gasteiger partial charge < -0.3 is 16.2 Å². The monoisotopic (exact) mass is 586 g/mol. The molecule has 4 N–H and O–H groups in total. The molecule has 2 aromatic carbocycles. The van der Waals surface area contributed by atoms with Crippen LogP contribution < -0.4 is 16.2 Å². The van der Waals surface area contributed by atoms with E-state index in [-0.39, 0.29) is 29.4 Å². The summed E-state index contributed by atoms with van der Waals surface area (Å²) in [5, 5.41) is 18.2.